The number of aromatic nitrogens is 5. The molecule has 0 aliphatic rings. The molecule has 0 atom stereocenters. The fourth-order valence-electron chi connectivity index (χ4n) is 3.11. The standard InChI is InChI=1S/C22H23N5O3S2/c1-28-11-10-27-20(15-6-8-23-9-7-15)25-26-22(27)32-14-17-13-31-21(24-17)16-4-5-18(29-2)19(12-16)30-3/h4-9,12-13H,10-11,14H2,1-3H3. The smallest absolute Gasteiger partial charge is 0.191 e. The Morgan fingerprint density at radius 3 is 2.53 bits per heavy atom. The summed E-state index contributed by atoms with van der Waals surface area (Å²) in [5, 5.41) is 12.6. The summed E-state index contributed by atoms with van der Waals surface area (Å²) < 4.78 is 18.1. The highest BCUT2D eigenvalue weighted by Crippen LogP contribution is 2.34. The first-order chi connectivity index (χ1) is 15.7. The number of thiazole rings is 1. The zero-order valence-electron chi connectivity index (χ0n) is 18.0. The maximum atomic E-state index is 5.41. The van der Waals surface area contributed by atoms with E-state index in [0.29, 0.717) is 30.4 Å². The number of benzene rings is 1. The van der Waals surface area contributed by atoms with Gasteiger partial charge in [0.15, 0.2) is 22.5 Å². The third-order valence-electron chi connectivity index (χ3n) is 4.71. The van der Waals surface area contributed by atoms with Gasteiger partial charge in [-0.2, -0.15) is 0 Å². The van der Waals surface area contributed by atoms with Crippen molar-refractivity contribution in [1.82, 2.24) is 24.7 Å². The molecule has 0 spiro atoms. The lowest BCUT2D eigenvalue weighted by molar-refractivity contribution is 0.185. The van der Waals surface area contributed by atoms with E-state index >= 15 is 0 Å². The maximum absolute atomic E-state index is 5.41. The molecule has 3 heterocycles. The molecule has 10 heteroatoms. The Morgan fingerprint density at radius 1 is 0.969 bits per heavy atom. The fourth-order valence-corrected chi connectivity index (χ4v) is 4.89. The largest absolute Gasteiger partial charge is 0.493 e. The first-order valence-corrected chi connectivity index (χ1v) is 11.7. The van der Waals surface area contributed by atoms with Gasteiger partial charge in [0.25, 0.3) is 0 Å². The third kappa shape index (κ3) is 4.93. The van der Waals surface area contributed by atoms with Crippen molar-refractivity contribution in [3.8, 4) is 33.5 Å². The maximum Gasteiger partial charge on any atom is 0.191 e. The van der Waals surface area contributed by atoms with Gasteiger partial charge in [-0.15, -0.1) is 21.5 Å². The Hall–Kier alpha value is -2.95. The molecular formula is C22H23N5O3S2. The predicted octanol–water partition coefficient (Wildman–Crippen LogP) is 4.42. The molecule has 4 aromatic rings. The predicted molar refractivity (Wildman–Crippen MR) is 125 cm³/mol. The molecule has 0 amide bonds. The van der Waals surface area contributed by atoms with Gasteiger partial charge in [-0.05, 0) is 30.3 Å². The fraction of sp³-hybridized carbons (Fsp3) is 0.273. The molecular weight excluding hydrogens is 446 g/mol. The van der Waals surface area contributed by atoms with Gasteiger partial charge < -0.3 is 14.2 Å². The molecule has 1 aromatic carbocycles. The van der Waals surface area contributed by atoms with E-state index < -0.39 is 0 Å². The number of hydrogen-bond donors (Lipinski definition) is 0. The van der Waals surface area contributed by atoms with Gasteiger partial charge in [0.05, 0.1) is 33.1 Å². The van der Waals surface area contributed by atoms with Gasteiger partial charge in [-0.25, -0.2) is 4.98 Å². The number of nitrogens with zero attached hydrogens (tertiary/aromatic N) is 5. The minimum absolute atomic E-state index is 0.573. The summed E-state index contributed by atoms with van der Waals surface area (Å²) in [7, 11) is 4.95. The SMILES string of the molecule is COCCn1c(SCc2csc(-c3ccc(OC)c(OC)c3)n2)nnc1-c1ccncc1. The molecule has 0 radical (unpaired) electrons. The second-order valence-corrected chi connectivity index (χ2v) is 8.49. The van der Waals surface area contributed by atoms with E-state index in [1.54, 1.807) is 56.8 Å². The molecule has 0 unspecified atom stereocenters. The molecule has 0 N–H and O–H groups in total. The second kappa shape index (κ2) is 10.6. The summed E-state index contributed by atoms with van der Waals surface area (Å²) in [6, 6.07) is 9.68. The van der Waals surface area contributed by atoms with Crippen LogP contribution in [0.3, 0.4) is 0 Å². The van der Waals surface area contributed by atoms with Crippen LogP contribution in [0.1, 0.15) is 5.69 Å². The van der Waals surface area contributed by atoms with Crippen LogP contribution in [-0.4, -0.2) is 52.7 Å². The quantitative estimate of drug-likeness (QED) is 0.316. The molecule has 0 bridgehead atoms. The van der Waals surface area contributed by atoms with E-state index in [0.717, 1.165) is 32.8 Å². The van der Waals surface area contributed by atoms with E-state index in [1.807, 2.05) is 30.3 Å². The number of thioether (sulfide) groups is 1. The van der Waals surface area contributed by atoms with E-state index in [2.05, 4.69) is 25.1 Å². The zero-order chi connectivity index (χ0) is 22.3. The minimum atomic E-state index is 0.573. The van der Waals surface area contributed by atoms with Gasteiger partial charge in [-0.3, -0.25) is 9.55 Å². The molecule has 8 nitrogen and oxygen atoms in total. The average Bonchev–Trinajstić information content (AvgIpc) is 3.48. The topological polar surface area (TPSA) is 84.2 Å². The number of methoxy groups -OCH3 is 3. The lowest BCUT2D eigenvalue weighted by atomic mass is 10.2. The number of ether oxygens (including phenoxy) is 3. The summed E-state index contributed by atoms with van der Waals surface area (Å²) in [6.07, 6.45) is 3.50. The van der Waals surface area contributed by atoms with Gasteiger partial charge in [-0.1, -0.05) is 11.8 Å². The van der Waals surface area contributed by atoms with Crippen LogP contribution in [0.15, 0.2) is 53.3 Å². The summed E-state index contributed by atoms with van der Waals surface area (Å²) >= 11 is 3.21. The van der Waals surface area contributed by atoms with Gasteiger partial charge >= 0.3 is 0 Å². The minimum Gasteiger partial charge on any atom is -0.493 e. The van der Waals surface area contributed by atoms with E-state index in [4.69, 9.17) is 19.2 Å². The molecule has 4 rings (SSSR count). The van der Waals surface area contributed by atoms with Crippen molar-refractivity contribution in [2.75, 3.05) is 27.9 Å². The first kappa shape index (κ1) is 22.3. The van der Waals surface area contributed by atoms with Gasteiger partial charge in [0.1, 0.15) is 5.01 Å². The highest BCUT2D eigenvalue weighted by Gasteiger charge is 2.16. The Balaban J connectivity index is 1.51. The number of hydrogen-bond acceptors (Lipinski definition) is 9. The van der Waals surface area contributed by atoms with Crippen molar-refractivity contribution in [3.05, 3.63) is 53.8 Å². The molecule has 0 saturated carbocycles. The molecule has 3 aromatic heterocycles. The molecule has 0 aliphatic heterocycles. The lowest BCUT2D eigenvalue weighted by Gasteiger charge is -2.09. The van der Waals surface area contributed by atoms with Crippen molar-refractivity contribution >= 4 is 23.1 Å². The van der Waals surface area contributed by atoms with Crippen molar-refractivity contribution in [2.24, 2.45) is 0 Å². The van der Waals surface area contributed by atoms with Crippen LogP contribution in [0.5, 0.6) is 11.5 Å². The highest BCUT2D eigenvalue weighted by molar-refractivity contribution is 7.98. The van der Waals surface area contributed by atoms with Crippen molar-refractivity contribution in [3.63, 3.8) is 0 Å². The second-order valence-electron chi connectivity index (χ2n) is 6.69. The Bertz CT molecular complexity index is 1160. The van der Waals surface area contributed by atoms with Crippen LogP contribution in [0.25, 0.3) is 22.0 Å². The zero-order valence-corrected chi connectivity index (χ0v) is 19.7. The van der Waals surface area contributed by atoms with Crippen LogP contribution in [0.4, 0.5) is 0 Å². The number of pyridine rings is 1. The average molecular weight is 470 g/mol. The Labute approximate surface area is 194 Å². The Morgan fingerprint density at radius 2 is 1.78 bits per heavy atom. The van der Waals surface area contributed by atoms with E-state index in [1.165, 1.54) is 0 Å². The molecule has 32 heavy (non-hydrogen) atoms. The van der Waals surface area contributed by atoms with E-state index in [9.17, 15) is 0 Å². The monoisotopic (exact) mass is 469 g/mol. The third-order valence-corrected chi connectivity index (χ3v) is 6.65. The van der Waals surface area contributed by atoms with Crippen LogP contribution in [0, 0.1) is 0 Å². The van der Waals surface area contributed by atoms with Crippen molar-refractivity contribution in [2.45, 2.75) is 17.5 Å². The van der Waals surface area contributed by atoms with Gasteiger partial charge in [0, 0.05) is 41.8 Å². The Kier molecular flexibility index (Phi) is 7.35. The molecule has 0 aliphatic carbocycles. The van der Waals surface area contributed by atoms with Crippen molar-refractivity contribution < 1.29 is 14.2 Å². The van der Waals surface area contributed by atoms with Crippen LogP contribution in [0.2, 0.25) is 0 Å². The van der Waals surface area contributed by atoms with Crippen LogP contribution < -0.4 is 9.47 Å². The first-order valence-electron chi connectivity index (χ1n) is 9.85. The van der Waals surface area contributed by atoms with Gasteiger partial charge in [0.2, 0.25) is 0 Å². The molecule has 0 fully saturated rings. The summed E-state index contributed by atoms with van der Waals surface area (Å²) in [4.78, 5) is 8.88. The van der Waals surface area contributed by atoms with E-state index in [-0.39, 0.29) is 0 Å². The van der Waals surface area contributed by atoms with Crippen LogP contribution >= 0.6 is 23.1 Å². The summed E-state index contributed by atoms with van der Waals surface area (Å²) in [5.74, 6) is 2.87. The van der Waals surface area contributed by atoms with Crippen LogP contribution in [-0.2, 0) is 17.0 Å². The molecule has 0 saturated heterocycles. The summed E-state index contributed by atoms with van der Waals surface area (Å²) in [6.45, 7) is 1.24. The van der Waals surface area contributed by atoms with Crippen molar-refractivity contribution in [1.29, 1.82) is 0 Å². The molecule has 166 valence electrons. The lowest BCUT2D eigenvalue weighted by Crippen LogP contribution is -2.07. The number of rotatable bonds is 10. The normalized spacial score (nSPS) is 11.0. The summed E-state index contributed by atoms with van der Waals surface area (Å²) in [5.41, 5.74) is 2.95. The highest BCUT2D eigenvalue weighted by atomic mass is 32.2.